The summed E-state index contributed by atoms with van der Waals surface area (Å²) in [4.78, 5) is 14.7. The molecule has 0 aliphatic carbocycles. The zero-order valence-electron chi connectivity index (χ0n) is 16.1. The summed E-state index contributed by atoms with van der Waals surface area (Å²) in [5.74, 6) is 3.55. The number of likely N-dealkylation sites (tertiary alicyclic amines) is 1. The van der Waals surface area contributed by atoms with Crippen molar-refractivity contribution in [2.24, 2.45) is 0 Å². The maximum absolute atomic E-state index is 12.7. The van der Waals surface area contributed by atoms with Gasteiger partial charge in [0.15, 0.2) is 0 Å². The van der Waals surface area contributed by atoms with Gasteiger partial charge in [0.2, 0.25) is 5.91 Å². The minimum Gasteiger partial charge on any atom is -0.496 e. The van der Waals surface area contributed by atoms with Crippen LogP contribution in [0.15, 0.2) is 18.2 Å². The van der Waals surface area contributed by atoms with Gasteiger partial charge in [-0.05, 0) is 37.0 Å². The van der Waals surface area contributed by atoms with Gasteiger partial charge in [0.25, 0.3) is 0 Å². The molecule has 4 rings (SSSR count). The summed E-state index contributed by atoms with van der Waals surface area (Å²) in [6.07, 6.45) is 2.33. The zero-order valence-corrected chi connectivity index (χ0v) is 16.1. The lowest BCUT2D eigenvalue weighted by Crippen LogP contribution is -2.39. The lowest BCUT2D eigenvalue weighted by molar-refractivity contribution is -0.131. The number of hydrogen-bond acceptors (Lipinski definition) is 5. The number of carbonyl (C=O) groups is 1. The summed E-state index contributed by atoms with van der Waals surface area (Å²) in [7, 11) is 1.66. The molecule has 0 radical (unpaired) electrons. The Hall–Kier alpha value is -2.41. The van der Waals surface area contributed by atoms with Gasteiger partial charge in [-0.25, -0.2) is 0 Å². The fraction of sp³-hybridized carbons (Fsp3) is 0.550. The molecule has 1 fully saturated rings. The molecule has 7 nitrogen and oxygen atoms in total. The third-order valence-electron chi connectivity index (χ3n) is 5.69. The Morgan fingerprint density at radius 2 is 2.07 bits per heavy atom. The van der Waals surface area contributed by atoms with Crippen molar-refractivity contribution in [2.75, 3.05) is 26.7 Å². The number of methoxy groups -OCH3 is 1. The van der Waals surface area contributed by atoms with Crippen molar-refractivity contribution < 1.29 is 9.53 Å². The lowest BCUT2D eigenvalue weighted by atomic mass is 9.95. The van der Waals surface area contributed by atoms with E-state index in [2.05, 4.69) is 20.1 Å². The number of aryl methyl sites for hydroxylation is 1. The van der Waals surface area contributed by atoms with E-state index >= 15 is 0 Å². The Morgan fingerprint density at radius 3 is 2.85 bits per heavy atom. The van der Waals surface area contributed by atoms with E-state index in [0.29, 0.717) is 12.3 Å². The first-order chi connectivity index (χ1) is 13.2. The predicted octanol–water partition coefficient (Wildman–Crippen LogP) is 1.65. The molecule has 7 heteroatoms. The molecule has 1 N–H and O–H groups in total. The van der Waals surface area contributed by atoms with Crippen LogP contribution in [0.4, 0.5) is 0 Å². The highest BCUT2D eigenvalue weighted by molar-refractivity contribution is 5.79. The number of aromatic nitrogens is 3. The second-order valence-electron chi connectivity index (χ2n) is 7.44. The van der Waals surface area contributed by atoms with Gasteiger partial charge >= 0.3 is 0 Å². The van der Waals surface area contributed by atoms with Gasteiger partial charge in [-0.3, -0.25) is 4.79 Å². The van der Waals surface area contributed by atoms with Crippen LogP contribution in [0.1, 0.15) is 41.5 Å². The van der Waals surface area contributed by atoms with Crippen LogP contribution in [0.2, 0.25) is 0 Å². The Kier molecular flexibility index (Phi) is 5.11. The largest absolute Gasteiger partial charge is 0.496 e. The minimum absolute atomic E-state index is 0.187. The highest BCUT2D eigenvalue weighted by atomic mass is 16.5. The summed E-state index contributed by atoms with van der Waals surface area (Å²) in [6.45, 7) is 6.28. The number of nitrogens with zero attached hydrogens (tertiary/aromatic N) is 4. The van der Waals surface area contributed by atoms with Crippen molar-refractivity contribution in [3.63, 3.8) is 0 Å². The lowest BCUT2D eigenvalue weighted by Gasteiger charge is -2.32. The molecule has 1 amide bonds. The minimum atomic E-state index is 0.187. The quantitative estimate of drug-likeness (QED) is 0.887. The van der Waals surface area contributed by atoms with E-state index in [-0.39, 0.29) is 5.91 Å². The van der Waals surface area contributed by atoms with Crippen molar-refractivity contribution in [1.29, 1.82) is 0 Å². The van der Waals surface area contributed by atoms with Crippen LogP contribution >= 0.6 is 0 Å². The predicted molar refractivity (Wildman–Crippen MR) is 102 cm³/mol. The molecule has 0 saturated carbocycles. The van der Waals surface area contributed by atoms with E-state index < -0.39 is 0 Å². The smallest absolute Gasteiger partial charge is 0.226 e. The summed E-state index contributed by atoms with van der Waals surface area (Å²) >= 11 is 0. The maximum atomic E-state index is 12.7. The van der Waals surface area contributed by atoms with E-state index in [1.165, 1.54) is 0 Å². The van der Waals surface area contributed by atoms with E-state index in [9.17, 15) is 4.79 Å². The fourth-order valence-electron chi connectivity index (χ4n) is 4.06. The molecule has 2 aromatic rings. The number of amides is 1. The molecule has 3 heterocycles. The van der Waals surface area contributed by atoms with E-state index in [1.807, 2.05) is 30.0 Å². The number of fused-ring (bicyclic) bond motifs is 1. The van der Waals surface area contributed by atoms with Crippen LogP contribution in [0.3, 0.4) is 0 Å². The van der Waals surface area contributed by atoms with Gasteiger partial charge in [-0.2, -0.15) is 0 Å². The van der Waals surface area contributed by atoms with Gasteiger partial charge in [-0.15, -0.1) is 10.2 Å². The third kappa shape index (κ3) is 3.69. The van der Waals surface area contributed by atoms with Crippen LogP contribution in [0, 0.1) is 6.92 Å². The van der Waals surface area contributed by atoms with E-state index in [4.69, 9.17) is 4.74 Å². The third-order valence-corrected chi connectivity index (χ3v) is 5.69. The summed E-state index contributed by atoms with van der Waals surface area (Å²) in [5, 5.41) is 12.1. The SMILES string of the molecule is COc1cc(CC(=O)N2CCC(c3nnc4n3CCNC4)CC2)ccc1C. The molecular weight excluding hydrogens is 342 g/mol. The molecule has 0 unspecified atom stereocenters. The van der Waals surface area contributed by atoms with Gasteiger partial charge in [-0.1, -0.05) is 12.1 Å². The number of piperidine rings is 1. The average molecular weight is 369 g/mol. The maximum Gasteiger partial charge on any atom is 0.226 e. The molecule has 1 aromatic carbocycles. The second kappa shape index (κ2) is 7.68. The molecule has 27 heavy (non-hydrogen) atoms. The van der Waals surface area contributed by atoms with Gasteiger partial charge in [0.1, 0.15) is 17.4 Å². The first kappa shape index (κ1) is 18.0. The molecule has 2 aliphatic rings. The molecule has 144 valence electrons. The Labute approximate surface area is 159 Å². The van der Waals surface area contributed by atoms with Gasteiger partial charge in [0, 0.05) is 32.1 Å². The second-order valence-corrected chi connectivity index (χ2v) is 7.44. The fourth-order valence-corrected chi connectivity index (χ4v) is 4.06. The Morgan fingerprint density at radius 1 is 1.26 bits per heavy atom. The van der Waals surface area contributed by atoms with Crippen molar-refractivity contribution in [3.8, 4) is 5.75 Å². The number of rotatable bonds is 4. The van der Waals surface area contributed by atoms with Crippen LogP contribution in [-0.2, 0) is 24.3 Å². The highest BCUT2D eigenvalue weighted by Crippen LogP contribution is 2.28. The Bertz CT molecular complexity index is 824. The van der Waals surface area contributed by atoms with Gasteiger partial charge < -0.3 is 19.5 Å². The molecule has 1 saturated heterocycles. The molecule has 0 bridgehead atoms. The van der Waals surface area contributed by atoms with Crippen LogP contribution in [0.5, 0.6) is 5.75 Å². The molecule has 2 aliphatic heterocycles. The van der Waals surface area contributed by atoms with Crippen LogP contribution in [-0.4, -0.2) is 52.3 Å². The standard InChI is InChI=1S/C20H27N5O2/c1-14-3-4-15(11-17(14)27-2)12-19(26)24-8-5-16(6-9-24)20-23-22-18-13-21-7-10-25(18)20/h3-4,11,16,21H,5-10,12-13H2,1-2H3. The molecule has 0 spiro atoms. The van der Waals surface area contributed by atoms with Crippen LogP contribution in [0.25, 0.3) is 0 Å². The van der Waals surface area contributed by atoms with E-state index in [0.717, 1.165) is 74.1 Å². The topological polar surface area (TPSA) is 72.3 Å². The summed E-state index contributed by atoms with van der Waals surface area (Å²) in [6, 6.07) is 5.99. The van der Waals surface area contributed by atoms with Crippen molar-refractivity contribution >= 4 is 5.91 Å². The first-order valence-electron chi connectivity index (χ1n) is 9.69. The number of ether oxygens (including phenoxy) is 1. The average Bonchev–Trinajstić information content (AvgIpc) is 3.13. The zero-order chi connectivity index (χ0) is 18.8. The molecule has 0 atom stereocenters. The Balaban J connectivity index is 1.36. The number of benzene rings is 1. The normalized spacial score (nSPS) is 17.6. The summed E-state index contributed by atoms with van der Waals surface area (Å²) in [5.41, 5.74) is 2.09. The number of carbonyl (C=O) groups excluding carboxylic acids is 1. The highest BCUT2D eigenvalue weighted by Gasteiger charge is 2.28. The van der Waals surface area contributed by atoms with E-state index in [1.54, 1.807) is 7.11 Å². The van der Waals surface area contributed by atoms with Crippen molar-refractivity contribution in [1.82, 2.24) is 25.0 Å². The van der Waals surface area contributed by atoms with Gasteiger partial charge in [0.05, 0.1) is 20.1 Å². The molecular formula is C20H27N5O2. The van der Waals surface area contributed by atoms with Crippen molar-refractivity contribution in [2.45, 2.75) is 45.2 Å². The number of hydrogen-bond donors (Lipinski definition) is 1. The first-order valence-corrected chi connectivity index (χ1v) is 9.69. The number of nitrogens with one attached hydrogen (secondary N) is 1. The van der Waals surface area contributed by atoms with Crippen molar-refractivity contribution in [3.05, 3.63) is 41.0 Å². The molecule has 1 aromatic heterocycles. The monoisotopic (exact) mass is 369 g/mol. The summed E-state index contributed by atoms with van der Waals surface area (Å²) < 4.78 is 7.63. The van der Waals surface area contributed by atoms with Crippen LogP contribution < -0.4 is 10.1 Å².